The van der Waals surface area contributed by atoms with Crippen molar-refractivity contribution in [3.05, 3.63) is 77.9 Å². The summed E-state index contributed by atoms with van der Waals surface area (Å²) in [6, 6.07) is 20.8. The van der Waals surface area contributed by atoms with E-state index in [0.717, 1.165) is 28.2 Å². The van der Waals surface area contributed by atoms with E-state index in [2.05, 4.69) is 27.0 Å². The number of nitrogens with one attached hydrogen (secondary N) is 3. The van der Waals surface area contributed by atoms with Crippen LogP contribution in [0.5, 0.6) is 0 Å². The van der Waals surface area contributed by atoms with Crippen molar-refractivity contribution in [1.82, 2.24) is 9.55 Å². The molecular weight excluding hydrogens is 376 g/mol. The number of nitrogen functional groups attached to an aromatic ring is 1. The molecular formula is C23H24N6O. The zero-order valence-electron chi connectivity index (χ0n) is 16.9. The zero-order valence-corrected chi connectivity index (χ0v) is 16.9. The van der Waals surface area contributed by atoms with Gasteiger partial charge in [0, 0.05) is 31.9 Å². The van der Waals surface area contributed by atoms with Gasteiger partial charge in [-0.05, 0) is 48.0 Å². The maximum Gasteiger partial charge on any atom is 0.255 e. The van der Waals surface area contributed by atoms with Crippen LogP contribution in [0.3, 0.4) is 0 Å². The number of imidazole rings is 1. The Balaban J connectivity index is 1.41. The number of nitrogens with two attached hydrogens (primary N) is 1. The standard InChI is InChI=1S/C23H24N6O/c1-25-23-28-20-12-11-17(13-21(20)29(23)2)26-14-15-7-9-16(10-8-15)22(30)27-19-6-4-3-5-18(19)24/h3-13,26H,14,24H2,1-2H3,(H,25,28)(H,27,30). The number of hydrogen-bond donors (Lipinski definition) is 4. The lowest BCUT2D eigenvalue weighted by Crippen LogP contribution is -2.13. The van der Waals surface area contributed by atoms with Crippen LogP contribution in [0.25, 0.3) is 11.0 Å². The van der Waals surface area contributed by atoms with Gasteiger partial charge in [0.05, 0.1) is 22.4 Å². The molecule has 5 N–H and O–H groups in total. The van der Waals surface area contributed by atoms with Crippen LogP contribution in [0.15, 0.2) is 66.7 Å². The lowest BCUT2D eigenvalue weighted by Gasteiger charge is -2.10. The first-order valence-electron chi connectivity index (χ1n) is 9.68. The lowest BCUT2D eigenvalue weighted by atomic mass is 10.1. The number of carbonyl (C=O) groups excluding carboxylic acids is 1. The molecule has 7 heteroatoms. The average Bonchev–Trinajstić information content (AvgIpc) is 3.09. The van der Waals surface area contributed by atoms with Crippen molar-refractivity contribution in [2.24, 2.45) is 7.05 Å². The minimum atomic E-state index is -0.186. The average molecular weight is 400 g/mol. The van der Waals surface area contributed by atoms with Gasteiger partial charge in [-0.15, -0.1) is 0 Å². The van der Waals surface area contributed by atoms with E-state index in [9.17, 15) is 4.79 Å². The van der Waals surface area contributed by atoms with Gasteiger partial charge in [0.15, 0.2) is 0 Å². The number of aromatic nitrogens is 2. The third-order valence-electron chi connectivity index (χ3n) is 5.03. The van der Waals surface area contributed by atoms with E-state index in [4.69, 9.17) is 5.73 Å². The quantitative estimate of drug-likeness (QED) is 0.366. The predicted octanol–water partition coefficient (Wildman–Crippen LogP) is 4.06. The van der Waals surface area contributed by atoms with Crippen molar-refractivity contribution in [2.45, 2.75) is 6.54 Å². The highest BCUT2D eigenvalue weighted by Crippen LogP contribution is 2.22. The van der Waals surface area contributed by atoms with Crippen molar-refractivity contribution >= 4 is 40.0 Å². The SMILES string of the molecule is CNc1nc2ccc(NCc3ccc(C(=O)Nc4ccccc4N)cc3)cc2n1C. The van der Waals surface area contributed by atoms with Crippen LogP contribution in [-0.4, -0.2) is 22.5 Å². The number of anilines is 4. The van der Waals surface area contributed by atoms with Gasteiger partial charge in [-0.1, -0.05) is 24.3 Å². The molecule has 0 aliphatic rings. The molecule has 4 rings (SSSR count). The van der Waals surface area contributed by atoms with Crippen LogP contribution in [0.1, 0.15) is 15.9 Å². The van der Waals surface area contributed by atoms with Crippen LogP contribution in [0, 0.1) is 0 Å². The molecule has 3 aromatic carbocycles. The summed E-state index contributed by atoms with van der Waals surface area (Å²) in [6.07, 6.45) is 0. The highest BCUT2D eigenvalue weighted by atomic mass is 16.1. The number of carbonyl (C=O) groups is 1. The van der Waals surface area contributed by atoms with Gasteiger partial charge in [0.1, 0.15) is 0 Å². The number of para-hydroxylation sites is 2. The first-order chi connectivity index (χ1) is 14.5. The summed E-state index contributed by atoms with van der Waals surface area (Å²) in [5.74, 6) is 0.641. The summed E-state index contributed by atoms with van der Waals surface area (Å²) in [6.45, 7) is 0.649. The third-order valence-corrected chi connectivity index (χ3v) is 5.03. The van der Waals surface area contributed by atoms with Crippen molar-refractivity contribution in [3.8, 4) is 0 Å². The Morgan fingerprint density at radius 2 is 1.83 bits per heavy atom. The van der Waals surface area contributed by atoms with Gasteiger partial charge >= 0.3 is 0 Å². The van der Waals surface area contributed by atoms with Crippen LogP contribution in [0.4, 0.5) is 23.0 Å². The second kappa shape index (κ2) is 8.16. The van der Waals surface area contributed by atoms with Crippen molar-refractivity contribution in [2.75, 3.05) is 28.7 Å². The number of fused-ring (bicyclic) bond motifs is 1. The normalized spacial score (nSPS) is 10.7. The summed E-state index contributed by atoms with van der Waals surface area (Å²) in [5, 5.41) is 9.35. The molecule has 0 aliphatic heterocycles. The molecule has 0 aliphatic carbocycles. The fourth-order valence-corrected chi connectivity index (χ4v) is 3.31. The Hall–Kier alpha value is -4.00. The molecule has 0 radical (unpaired) electrons. The minimum Gasteiger partial charge on any atom is -0.397 e. The molecule has 0 saturated carbocycles. The van der Waals surface area contributed by atoms with Crippen molar-refractivity contribution < 1.29 is 4.79 Å². The molecule has 7 nitrogen and oxygen atoms in total. The van der Waals surface area contributed by atoms with Gasteiger partial charge < -0.3 is 26.3 Å². The highest BCUT2D eigenvalue weighted by Gasteiger charge is 2.09. The van der Waals surface area contributed by atoms with Gasteiger partial charge in [-0.3, -0.25) is 4.79 Å². The number of nitrogens with zero attached hydrogens (tertiary/aromatic N) is 2. The summed E-state index contributed by atoms with van der Waals surface area (Å²) in [4.78, 5) is 17.0. The summed E-state index contributed by atoms with van der Waals surface area (Å²) < 4.78 is 2.02. The van der Waals surface area contributed by atoms with Crippen LogP contribution < -0.4 is 21.7 Å². The molecule has 1 heterocycles. The fraction of sp³-hybridized carbons (Fsp3) is 0.130. The molecule has 1 amide bonds. The van der Waals surface area contributed by atoms with E-state index in [1.807, 2.05) is 67.2 Å². The van der Waals surface area contributed by atoms with E-state index in [0.29, 0.717) is 23.5 Å². The lowest BCUT2D eigenvalue weighted by molar-refractivity contribution is 0.102. The molecule has 152 valence electrons. The number of benzene rings is 3. The van der Waals surface area contributed by atoms with Crippen molar-refractivity contribution in [3.63, 3.8) is 0 Å². The molecule has 0 bridgehead atoms. The summed E-state index contributed by atoms with van der Waals surface area (Å²) >= 11 is 0. The first-order valence-corrected chi connectivity index (χ1v) is 9.68. The van der Waals surface area contributed by atoms with Crippen molar-refractivity contribution in [1.29, 1.82) is 0 Å². The molecule has 0 unspecified atom stereocenters. The van der Waals surface area contributed by atoms with Gasteiger partial charge in [-0.2, -0.15) is 0 Å². The predicted molar refractivity (Wildman–Crippen MR) is 123 cm³/mol. The maximum atomic E-state index is 12.4. The highest BCUT2D eigenvalue weighted by molar-refractivity contribution is 6.05. The van der Waals surface area contributed by atoms with E-state index in [-0.39, 0.29) is 5.91 Å². The molecule has 0 saturated heterocycles. The van der Waals surface area contributed by atoms with Crippen LogP contribution in [0.2, 0.25) is 0 Å². The number of rotatable bonds is 6. The molecule has 1 aromatic heterocycles. The fourth-order valence-electron chi connectivity index (χ4n) is 3.31. The zero-order chi connectivity index (χ0) is 21.1. The Kier molecular flexibility index (Phi) is 5.26. The van der Waals surface area contributed by atoms with Gasteiger partial charge in [0.2, 0.25) is 5.95 Å². The molecule has 0 atom stereocenters. The Morgan fingerprint density at radius 3 is 2.57 bits per heavy atom. The van der Waals surface area contributed by atoms with Crippen LogP contribution in [-0.2, 0) is 13.6 Å². The van der Waals surface area contributed by atoms with E-state index in [1.165, 1.54) is 0 Å². The molecule has 0 fully saturated rings. The molecule has 30 heavy (non-hydrogen) atoms. The van der Waals surface area contributed by atoms with E-state index < -0.39 is 0 Å². The number of amides is 1. The number of aryl methyl sites for hydroxylation is 1. The summed E-state index contributed by atoms with van der Waals surface area (Å²) in [5.41, 5.74) is 11.7. The summed E-state index contributed by atoms with van der Waals surface area (Å²) in [7, 11) is 3.84. The molecule has 4 aromatic rings. The largest absolute Gasteiger partial charge is 0.397 e. The topological polar surface area (TPSA) is 97.0 Å². The Bertz CT molecular complexity index is 1200. The minimum absolute atomic E-state index is 0.186. The van der Waals surface area contributed by atoms with E-state index in [1.54, 1.807) is 12.1 Å². The van der Waals surface area contributed by atoms with E-state index >= 15 is 0 Å². The third kappa shape index (κ3) is 3.91. The van der Waals surface area contributed by atoms with Gasteiger partial charge in [0.25, 0.3) is 5.91 Å². The second-order valence-corrected chi connectivity index (χ2v) is 7.04. The van der Waals surface area contributed by atoms with Gasteiger partial charge in [-0.25, -0.2) is 4.98 Å². The molecule has 0 spiro atoms. The monoisotopic (exact) mass is 400 g/mol. The Morgan fingerprint density at radius 1 is 1.07 bits per heavy atom. The van der Waals surface area contributed by atoms with Crippen LogP contribution >= 0.6 is 0 Å². The number of hydrogen-bond acceptors (Lipinski definition) is 5. The smallest absolute Gasteiger partial charge is 0.255 e. The maximum absolute atomic E-state index is 12.4. The first kappa shape index (κ1) is 19.3. The Labute approximate surface area is 174 Å². The second-order valence-electron chi connectivity index (χ2n) is 7.04.